The van der Waals surface area contributed by atoms with E-state index in [9.17, 15) is 4.79 Å². The fourth-order valence-corrected chi connectivity index (χ4v) is 5.27. The fraction of sp³-hybridized carbons (Fsp3) is 0.250. The third-order valence-electron chi connectivity index (χ3n) is 7.15. The second kappa shape index (κ2) is 13.8. The molecule has 5 rings (SSSR count). The number of nitrogens with zero attached hydrogens (tertiary/aromatic N) is 3. The molecule has 7 nitrogen and oxygen atoms in total. The molecule has 0 fully saturated rings. The van der Waals surface area contributed by atoms with E-state index in [2.05, 4.69) is 25.0 Å². The summed E-state index contributed by atoms with van der Waals surface area (Å²) in [5, 5.41) is 5.52. The lowest BCUT2D eigenvalue weighted by Crippen LogP contribution is -2.21. The first-order chi connectivity index (χ1) is 21.3. The van der Waals surface area contributed by atoms with Crippen LogP contribution >= 0.6 is 11.6 Å². The van der Waals surface area contributed by atoms with E-state index in [1.165, 1.54) is 4.68 Å². The summed E-state index contributed by atoms with van der Waals surface area (Å²) < 4.78 is 19.2. The average molecular weight is 610 g/mol. The summed E-state index contributed by atoms with van der Waals surface area (Å²) in [4.78, 5) is 18.8. The molecule has 0 saturated heterocycles. The molecule has 0 N–H and O–H groups in total. The SMILES string of the molecule is CCOc1cc(C)c(-c2nc3ccccc3c(=O)n2N=Cc2cc(Cl)c(OCc3ccccc3)c(OCC)c2)cc1C(C)C. The standard InChI is InChI=1S/C36H36ClN3O4/c1-6-42-32-17-24(5)29(20-28(32)23(3)4)35-39-31-16-12-11-15-27(31)36(41)40(35)38-21-26-18-30(37)34(33(19-26)43-7-2)44-22-25-13-9-8-10-14-25/h8-21,23H,6-7,22H2,1-5H3. The monoisotopic (exact) mass is 609 g/mol. The Bertz CT molecular complexity index is 1870. The van der Waals surface area contributed by atoms with Crippen LogP contribution in [0.25, 0.3) is 22.3 Å². The molecule has 4 aromatic carbocycles. The molecule has 0 aliphatic rings. The number of fused-ring (bicyclic) bond motifs is 1. The van der Waals surface area contributed by atoms with Gasteiger partial charge in [0.25, 0.3) is 5.56 Å². The minimum atomic E-state index is -0.278. The highest BCUT2D eigenvalue weighted by molar-refractivity contribution is 6.32. The van der Waals surface area contributed by atoms with Gasteiger partial charge in [0.15, 0.2) is 17.3 Å². The lowest BCUT2D eigenvalue weighted by molar-refractivity contribution is 0.269. The Balaban J connectivity index is 1.61. The Morgan fingerprint density at radius 3 is 2.34 bits per heavy atom. The smallest absolute Gasteiger partial charge is 0.282 e. The van der Waals surface area contributed by atoms with Crippen LogP contribution < -0.4 is 19.8 Å². The van der Waals surface area contributed by atoms with Crippen molar-refractivity contribution in [3.63, 3.8) is 0 Å². The molecular weight excluding hydrogens is 574 g/mol. The average Bonchev–Trinajstić information content (AvgIpc) is 3.01. The van der Waals surface area contributed by atoms with Crippen molar-refractivity contribution in [1.82, 2.24) is 9.66 Å². The molecule has 0 bridgehead atoms. The molecule has 8 heteroatoms. The molecule has 226 valence electrons. The second-order valence-electron chi connectivity index (χ2n) is 10.6. The van der Waals surface area contributed by atoms with E-state index in [0.29, 0.717) is 58.6 Å². The van der Waals surface area contributed by atoms with Crippen LogP contribution in [0.3, 0.4) is 0 Å². The van der Waals surface area contributed by atoms with Gasteiger partial charge < -0.3 is 14.2 Å². The molecular formula is C36H36ClN3O4. The number of para-hydroxylation sites is 1. The first kappa shape index (κ1) is 30.8. The van der Waals surface area contributed by atoms with Gasteiger partial charge in [-0.1, -0.05) is 67.9 Å². The lowest BCUT2D eigenvalue weighted by atomic mass is 9.96. The normalized spacial score (nSPS) is 11.4. The largest absolute Gasteiger partial charge is 0.494 e. The van der Waals surface area contributed by atoms with Gasteiger partial charge in [-0.2, -0.15) is 9.78 Å². The zero-order valence-corrected chi connectivity index (χ0v) is 26.4. The van der Waals surface area contributed by atoms with E-state index < -0.39 is 0 Å². The third-order valence-corrected chi connectivity index (χ3v) is 7.43. The molecule has 5 aromatic rings. The van der Waals surface area contributed by atoms with E-state index in [1.807, 2.05) is 75.4 Å². The quantitative estimate of drug-likeness (QED) is 0.141. The first-order valence-corrected chi connectivity index (χ1v) is 15.1. The van der Waals surface area contributed by atoms with E-state index in [0.717, 1.165) is 28.0 Å². The Labute approximate surface area is 262 Å². The maximum absolute atomic E-state index is 13.9. The number of hydrogen-bond acceptors (Lipinski definition) is 6. The van der Waals surface area contributed by atoms with Crippen molar-refractivity contribution < 1.29 is 14.2 Å². The van der Waals surface area contributed by atoms with Crippen molar-refractivity contribution in [2.45, 2.75) is 47.1 Å². The highest BCUT2D eigenvalue weighted by atomic mass is 35.5. The maximum Gasteiger partial charge on any atom is 0.282 e. The highest BCUT2D eigenvalue weighted by Gasteiger charge is 2.19. The van der Waals surface area contributed by atoms with Crippen molar-refractivity contribution in [3.8, 4) is 28.6 Å². The third kappa shape index (κ3) is 6.63. The zero-order chi connectivity index (χ0) is 31.2. The predicted molar refractivity (Wildman–Crippen MR) is 178 cm³/mol. The van der Waals surface area contributed by atoms with Gasteiger partial charge >= 0.3 is 0 Å². The number of ether oxygens (including phenoxy) is 3. The van der Waals surface area contributed by atoms with E-state index in [1.54, 1.807) is 24.4 Å². The maximum atomic E-state index is 13.9. The Morgan fingerprint density at radius 2 is 1.61 bits per heavy atom. The zero-order valence-electron chi connectivity index (χ0n) is 25.6. The van der Waals surface area contributed by atoms with Gasteiger partial charge in [-0.3, -0.25) is 4.79 Å². The van der Waals surface area contributed by atoms with Crippen molar-refractivity contribution in [3.05, 3.63) is 116 Å². The Morgan fingerprint density at radius 1 is 0.909 bits per heavy atom. The topological polar surface area (TPSA) is 74.9 Å². The molecule has 1 heterocycles. The van der Waals surface area contributed by atoms with Gasteiger partial charge in [-0.25, -0.2) is 4.98 Å². The molecule has 1 aromatic heterocycles. The molecule has 0 saturated carbocycles. The van der Waals surface area contributed by atoms with E-state index in [-0.39, 0.29) is 11.5 Å². The van der Waals surface area contributed by atoms with Gasteiger partial charge in [-0.15, -0.1) is 0 Å². The highest BCUT2D eigenvalue weighted by Crippen LogP contribution is 2.37. The minimum Gasteiger partial charge on any atom is -0.494 e. The van der Waals surface area contributed by atoms with Crippen LogP contribution in [0.1, 0.15) is 55.9 Å². The van der Waals surface area contributed by atoms with Crippen molar-refractivity contribution in [1.29, 1.82) is 0 Å². The summed E-state index contributed by atoms with van der Waals surface area (Å²) >= 11 is 6.70. The summed E-state index contributed by atoms with van der Waals surface area (Å²) in [5.41, 5.74) is 4.73. The van der Waals surface area contributed by atoms with Crippen molar-refractivity contribution in [2.75, 3.05) is 13.2 Å². The number of hydrogen-bond donors (Lipinski definition) is 0. The van der Waals surface area contributed by atoms with Crippen molar-refractivity contribution in [2.24, 2.45) is 5.10 Å². The number of aryl methyl sites for hydroxylation is 1. The van der Waals surface area contributed by atoms with Gasteiger partial charge in [0, 0.05) is 5.56 Å². The van der Waals surface area contributed by atoms with Gasteiger partial charge in [-0.05, 0) is 85.3 Å². The van der Waals surface area contributed by atoms with Gasteiger partial charge in [0.1, 0.15) is 12.4 Å². The van der Waals surface area contributed by atoms with Crippen molar-refractivity contribution >= 4 is 28.7 Å². The van der Waals surface area contributed by atoms with E-state index in [4.69, 9.17) is 30.8 Å². The molecule has 0 spiro atoms. The summed E-state index contributed by atoms with van der Waals surface area (Å²) in [7, 11) is 0. The number of benzene rings is 4. The number of aromatic nitrogens is 2. The van der Waals surface area contributed by atoms with Gasteiger partial charge in [0.2, 0.25) is 0 Å². The molecule has 0 radical (unpaired) electrons. The molecule has 0 atom stereocenters. The fourth-order valence-electron chi connectivity index (χ4n) is 5.00. The Kier molecular flexibility index (Phi) is 9.65. The van der Waals surface area contributed by atoms with Crippen LogP contribution in [-0.4, -0.2) is 29.1 Å². The summed E-state index contributed by atoms with van der Waals surface area (Å²) in [6, 6.07) is 24.7. The second-order valence-corrected chi connectivity index (χ2v) is 11.1. The molecule has 0 aliphatic heterocycles. The molecule has 44 heavy (non-hydrogen) atoms. The molecule has 0 unspecified atom stereocenters. The summed E-state index contributed by atoms with van der Waals surface area (Å²) in [6.45, 7) is 11.4. The van der Waals surface area contributed by atoms with E-state index >= 15 is 0 Å². The van der Waals surface area contributed by atoms with Crippen LogP contribution in [0.5, 0.6) is 17.2 Å². The van der Waals surface area contributed by atoms with Crippen LogP contribution in [-0.2, 0) is 6.61 Å². The number of rotatable bonds is 11. The number of halogens is 1. The van der Waals surface area contributed by atoms with Crippen LogP contribution in [0.2, 0.25) is 5.02 Å². The minimum absolute atomic E-state index is 0.196. The van der Waals surface area contributed by atoms with Gasteiger partial charge in [0.05, 0.1) is 35.4 Å². The Hall–Kier alpha value is -4.62. The van der Waals surface area contributed by atoms with Crippen LogP contribution in [0.4, 0.5) is 0 Å². The first-order valence-electron chi connectivity index (χ1n) is 14.8. The van der Waals surface area contributed by atoms with Crippen LogP contribution in [0, 0.1) is 6.92 Å². The predicted octanol–water partition coefficient (Wildman–Crippen LogP) is 8.41. The summed E-state index contributed by atoms with van der Waals surface area (Å²) in [5.74, 6) is 2.40. The van der Waals surface area contributed by atoms with Crippen LogP contribution in [0.15, 0.2) is 88.8 Å². The summed E-state index contributed by atoms with van der Waals surface area (Å²) in [6.07, 6.45) is 1.59. The lowest BCUT2D eigenvalue weighted by Gasteiger charge is -2.18. The molecule has 0 aliphatic carbocycles. The molecule has 0 amide bonds.